The molecular formula is C15H18O3. The van der Waals surface area contributed by atoms with E-state index >= 15 is 0 Å². The van der Waals surface area contributed by atoms with E-state index in [0.29, 0.717) is 12.2 Å². The van der Waals surface area contributed by atoms with E-state index in [1.807, 2.05) is 24.3 Å². The van der Waals surface area contributed by atoms with E-state index < -0.39 is 0 Å². The smallest absolute Gasteiger partial charge is 0.166 e. The Balaban J connectivity index is 1.73. The van der Waals surface area contributed by atoms with Crippen LogP contribution in [0.3, 0.4) is 0 Å². The molecule has 18 heavy (non-hydrogen) atoms. The highest BCUT2D eigenvalue weighted by molar-refractivity contribution is 5.98. The number of ketones is 1. The van der Waals surface area contributed by atoms with Gasteiger partial charge in [0.2, 0.25) is 0 Å². The van der Waals surface area contributed by atoms with Crippen LogP contribution in [-0.4, -0.2) is 25.1 Å². The lowest BCUT2D eigenvalue weighted by Gasteiger charge is -2.27. The first-order chi connectivity index (χ1) is 8.76. The molecule has 2 heterocycles. The Kier molecular flexibility index (Phi) is 3.08. The van der Waals surface area contributed by atoms with E-state index in [9.17, 15) is 4.79 Å². The highest BCUT2D eigenvalue weighted by Gasteiger charge is 2.38. The zero-order valence-electron chi connectivity index (χ0n) is 10.6. The predicted octanol–water partition coefficient (Wildman–Crippen LogP) is 2.84. The second-order valence-corrected chi connectivity index (χ2v) is 5.22. The van der Waals surface area contributed by atoms with Crippen molar-refractivity contribution in [1.29, 1.82) is 0 Å². The van der Waals surface area contributed by atoms with Crippen LogP contribution in [0.15, 0.2) is 24.3 Å². The van der Waals surface area contributed by atoms with Crippen molar-refractivity contribution in [2.24, 2.45) is 5.92 Å². The van der Waals surface area contributed by atoms with Crippen LogP contribution in [0, 0.1) is 5.92 Å². The summed E-state index contributed by atoms with van der Waals surface area (Å²) in [5.74, 6) is 1.20. The quantitative estimate of drug-likeness (QED) is 0.769. The van der Waals surface area contributed by atoms with Gasteiger partial charge >= 0.3 is 0 Å². The molecule has 0 aliphatic carbocycles. The second kappa shape index (κ2) is 4.73. The van der Waals surface area contributed by atoms with Crippen LogP contribution >= 0.6 is 0 Å². The first kappa shape index (κ1) is 11.7. The molecule has 2 bridgehead atoms. The largest absolute Gasteiger partial charge is 0.497 e. The highest BCUT2D eigenvalue weighted by atomic mass is 16.5. The summed E-state index contributed by atoms with van der Waals surface area (Å²) in [6.07, 6.45) is 4.66. The third kappa shape index (κ3) is 2.15. The molecule has 1 aromatic carbocycles. The van der Waals surface area contributed by atoms with Crippen LogP contribution in [0.2, 0.25) is 0 Å². The Morgan fingerprint density at radius 2 is 1.78 bits per heavy atom. The van der Waals surface area contributed by atoms with Crippen molar-refractivity contribution in [3.05, 3.63) is 29.8 Å². The van der Waals surface area contributed by atoms with Gasteiger partial charge in [-0.15, -0.1) is 0 Å². The highest BCUT2D eigenvalue weighted by Crippen LogP contribution is 2.37. The van der Waals surface area contributed by atoms with Crippen molar-refractivity contribution in [2.75, 3.05) is 7.11 Å². The number of rotatable bonds is 3. The van der Waals surface area contributed by atoms with Crippen molar-refractivity contribution in [3.8, 4) is 5.75 Å². The van der Waals surface area contributed by atoms with Gasteiger partial charge in [-0.3, -0.25) is 4.79 Å². The minimum Gasteiger partial charge on any atom is -0.497 e. The molecule has 0 amide bonds. The molecule has 2 aliphatic heterocycles. The maximum Gasteiger partial charge on any atom is 0.166 e. The van der Waals surface area contributed by atoms with E-state index in [1.165, 1.54) is 0 Å². The fourth-order valence-corrected chi connectivity index (χ4v) is 3.06. The van der Waals surface area contributed by atoms with Gasteiger partial charge in [0.1, 0.15) is 5.75 Å². The molecule has 1 aromatic rings. The van der Waals surface area contributed by atoms with E-state index in [2.05, 4.69) is 0 Å². The Labute approximate surface area is 107 Å². The number of benzene rings is 1. The molecule has 2 fully saturated rings. The van der Waals surface area contributed by atoms with Crippen LogP contribution in [0.1, 0.15) is 36.0 Å². The molecule has 0 spiro atoms. The SMILES string of the molecule is COc1ccc(C(=O)C2CC3CCC(C2)O3)cc1. The normalized spacial score (nSPS) is 30.2. The molecule has 0 aromatic heterocycles. The third-order valence-electron chi connectivity index (χ3n) is 4.04. The van der Waals surface area contributed by atoms with E-state index in [1.54, 1.807) is 7.11 Å². The molecule has 2 aliphatic rings. The number of fused-ring (bicyclic) bond motifs is 2. The number of Topliss-reactive ketones (excluding diaryl/α,β-unsaturated/α-hetero) is 1. The van der Waals surface area contributed by atoms with Crippen LogP contribution in [0.5, 0.6) is 5.75 Å². The van der Waals surface area contributed by atoms with Crippen molar-refractivity contribution in [2.45, 2.75) is 37.9 Å². The van der Waals surface area contributed by atoms with Gasteiger partial charge in [-0.1, -0.05) is 0 Å². The summed E-state index contributed by atoms with van der Waals surface area (Å²) in [6, 6.07) is 7.42. The number of carbonyl (C=O) groups excluding carboxylic acids is 1. The summed E-state index contributed by atoms with van der Waals surface area (Å²) in [5, 5.41) is 0. The van der Waals surface area contributed by atoms with Gasteiger partial charge in [-0.05, 0) is 49.9 Å². The maximum atomic E-state index is 12.4. The topological polar surface area (TPSA) is 35.5 Å². The first-order valence-electron chi connectivity index (χ1n) is 6.60. The van der Waals surface area contributed by atoms with E-state index in [0.717, 1.165) is 37.0 Å². The fraction of sp³-hybridized carbons (Fsp3) is 0.533. The second-order valence-electron chi connectivity index (χ2n) is 5.22. The number of ether oxygens (including phenoxy) is 2. The third-order valence-corrected chi connectivity index (χ3v) is 4.04. The minimum atomic E-state index is 0.143. The number of carbonyl (C=O) groups is 1. The Bertz CT molecular complexity index is 426. The lowest BCUT2D eigenvalue weighted by atomic mass is 9.88. The molecule has 3 nitrogen and oxygen atoms in total. The first-order valence-corrected chi connectivity index (χ1v) is 6.60. The summed E-state index contributed by atoms with van der Waals surface area (Å²) < 4.78 is 10.9. The molecule has 0 radical (unpaired) electrons. The zero-order chi connectivity index (χ0) is 12.5. The average Bonchev–Trinajstić information content (AvgIpc) is 2.77. The van der Waals surface area contributed by atoms with Crippen LogP contribution in [-0.2, 0) is 4.74 Å². The number of methoxy groups -OCH3 is 1. The summed E-state index contributed by atoms with van der Waals surface area (Å²) in [5.41, 5.74) is 0.794. The molecule has 2 saturated heterocycles. The molecular weight excluding hydrogens is 228 g/mol. The average molecular weight is 246 g/mol. The van der Waals surface area contributed by atoms with Gasteiger partial charge in [-0.25, -0.2) is 0 Å². The molecule has 2 unspecified atom stereocenters. The van der Waals surface area contributed by atoms with Crippen molar-refractivity contribution < 1.29 is 14.3 Å². The standard InChI is InChI=1S/C15H18O3/c1-17-12-4-2-10(3-5-12)15(16)11-8-13-6-7-14(9-11)18-13/h2-5,11,13-14H,6-9H2,1H3. The Morgan fingerprint density at radius 3 is 2.33 bits per heavy atom. The molecule has 3 heteroatoms. The molecule has 0 saturated carbocycles. The van der Waals surface area contributed by atoms with Gasteiger partial charge in [0, 0.05) is 11.5 Å². The predicted molar refractivity (Wildman–Crippen MR) is 67.9 cm³/mol. The van der Waals surface area contributed by atoms with Gasteiger partial charge < -0.3 is 9.47 Å². The Hall–Kier alpha value is -1.35. The zero-order valence-corrected chi connectivity index (χ0v) is 10.6. The monoisotopic (exact) mass is 246 g/mol. The lowest BCUT2D eigenvalue weighted by molar-refractivity contribution is -0.0149. The van der Waals surface area contributed by atoms with Crippen LogP contribution in [0.4, 0.5) is 0 Å². The summed E-state index contributed by atoms with van der Waals surface area (Å²) >= 11 is 0. The summed E-state index contributed by atoms with van der Waals surface area (Å²) in [6.45, 7) is 0. The Morgan fingerprint density at radius 1 is 1.17 bits per heavy atom. The molecule has 2 atom stereocenters. The van der Waals surface area contributed by atoms with E-state index in [-0.39, 0.29) is 11.7 Å². The van der Waals surface area contributed by atoms with E-state index in [4.69, 9.17) is 9.47 Å². The summed E-state index contributed by atoms with van der Waals surface area (Å²) in [4.78, 5) is 12.4. The van der Waals surface area contributed by atoms with Crippen molar-refractivity contribution in [3.63, 3.8) is 0 Å². The van der Waals surface area contributed by atoms with Gasteiger partial charge in [0.15, 0.2) is 5.78 Å². The maximum absolute atomic E-state index is 12.4. The van der Waals surface area contributed by atoms with Crippen molar-refractivity contribution in [1.82, 2.24) is 0 Å². The van der Waals surface area contributed by atoms with Crippen molar-refractivity contribution >= 4 is 5.78 Å². The molecule has 96 valence electrons. The molecule has 0 N–H and O–H groups in total. The van der Waals surface area contributed by atoms with Crippen LogP contribution < -0.4 is 4.74 Å². The van der Waals surface area contributed by atoms with Gasteiger partial charge in [0.05, 0.1) is 19.3 Å². The molecule has 3 rings (SSSR count). The fourth-order valence-electron chi connectivity index (χ4n) is 3.06. The number of hydrogen-bond donors (Lipinski definition) is 0. The minimum absolute atomic E-state index is 0.143. The van der Waals surface area contributed by atoms with Crippen LogP contribution in [0.25, 0.3) is 0 Å². The van der Waals surface area contributed by atoms with Gasteiger partial charge in [0.25, 0.3) is 0 Å². The lowest BCUT2D eigenvalue weighted by Crippen LogP contribution is -2.30. The van der Waals surface area contributed by atoms with Gasteiger partial charge in [-0.2, -0.15) is 0 Å². The summed E-state index contributed by atoms with van der Waals surface area (Å²) in [7, 11) is 1.63. The number of hydrogen-bond acceptors (Lipinski definition) is 3.